The number of fused-ring (bicyclic) bond motifs is 1. The molecule has 0 radical (unpaired) electrons. The summed E-state index contributed by atoms with van der Waals surface area (Å²) in [6, 6.07) is 21.2. The van der Waals surface area contributed by atoms with Crippen molar-refractivity contribution in [2.75, 3.05) is 0 Å². The van der Waals surface area contributed by atoms with Crippen LogP contribution < -0.4 is 5.32 Å². The average molecular weight is 414 g/mol. The molecule has 3 heterocycles. The largest absolute Gasteiger partial charge is 0.342 e. The number of hydrogen-bond donors (Lipinski definition) is 2. The minimum Gasteiger partial charge on any atom is -0.342 e. The van der Waals surface area contributed by atoms with Crippen LogP contribution in [0.2, 0.25) is 0 Å². The number of aromatic nitrogens is 4. The van der Waals surface area contributed by atoms with Crippen LogP contribution in [0.3, 0.4) is 0 Å². The SMILES string of the molecule is O=C(Cc1csc(-n2cccc2)n1)NC(c1ccccc1)c1nc2ccccc2[nH]1. The van der Waals surface area contributed by atoms with Gasteiger partial charge in [-0.1, -0.05) is 42.5 Å². The lowest BCUT2D eigenvalue weighted by Crippen LogP contribution is -2.31. The van der Waals surface area contributed by atoms with E-state index in [-0.39, 0.29) is 18.4 Å². The maximum atomic E-state index is 12.9. The Morgan fingerprint density at radius 3 is 2.57 bits per heavy atom. The van der Waals surface area contributed by atoms with Crippen LogP contribution in [0.15, 0.2) is 84.5 Å². The van der Waals surface area contributed by atoms with Crippen LogP contribution in [0.25, 0.3) is 16.2 Å². The predicted molar refractivity (Wildman–Crippen MR) is 118 cm³/mol. The average Bonchev–Trinajstić information content (AvgIpc) is 3.52. The van der Waals surface area contributed by atoms with Crippen LogP contribution in [-0.4, -0.2) is 25.4 Å². The minimum absolute atomic E-state index is 0.103. The fourth-order valence-corrected chi connectivity index (χ4v) is 4.19. The highest BCUT2D eigenvalue weighted by Gasteiger charge is 2.21. The second-order valence-electron chi connectivity index (χ2n) is 6.94. The number of hydrogen-bond acceptors (Lipinski definition) is 4. The number of para-hydroxylation sites is 2. The Bertz CT molecular complexity index is 1240. The molecule has 0 saturated heterocycles. The fourth-order valence-electron chi connectivity index (χ4n) is 3.40. The Morgan fingerprint density at radius 1 is 1.00 bits per heavy atom. The zero-order chi connectivity index (χ0) is 20.3. The van der Waals surface area contributed by atoms with Crippen molar-refractivity contribution in [3.63, 3.8) is 0 Å². The zero-order valence-corrected chi connectivity index (χ0v) is 16.8. The van der Waals surface area contributed by atoms with E-state index < -0.39 is 0 Å². The van der Waals surface area contributed by atoms with Crippen LogP contribution in [0.4, 0.5) is 0 Å². The lowest BCUT2D eigenvalue weighted by Gasteiger charge is -2.17. The first-order valence-electron chi connectivity index (χ1n) is 9.63. The lowest BCUT2D eigenvalue weighted by atomic mass is 10.1. The summed E-state index contributed by atoms with van der Waals surface area (Å²) in [5.74, 6) is 0.607. The van der Waals surface area contributed by atoms with E-state index in [0.29, 0.717) is 5.82 Å². The summed E-state index contributed by atoms with van der Waals surface area (Å²) in [6.45, 7) is 0. The van der Waals surface area contributed by atoms with E-state index in [9.17, 15) is 4.79 Å². The molecule has 0 saturated carbocycles. The van der Waals surface area contributed by atoms with Gasteiger partial charge in [0.1, 0.15) is 11.9 Å². The molecule has 0 bridgehead atoms. The van der Waals surface area contributed by atoms with Gasteiger partial charge in [-0.3, -0.25) is 4.79 Å². The van der Waals surface area contributed by atoms with Crippen LogP contribution in [0.1, 0.15) is 23.1 Å². The second-order valence-corrected chi connectivity index (χ2v) is 7.78. The van der Waals surface area contributed by atoms with Gasteiger partial charge in [0.05, 0.1) is 23.1 Å². The maximum absolute atomic E-state index is 12.9. The molecule has 0 aliphatic rings. The Kier molecular flexibility index (Phi) is 4.86. The van der Waals surface area contributed by atoms with Crippen molar-refractivity contribution >= 4 is 28.3 Å². The van der Waals surface area contributed by atoms with Crippen LogP contribution in [0, 0.1) is 0 Å². The molecule has 3 aromatic heterocycles. The normalized spacial score (nSPS) is 12.1. The molecule has 2 aromatic carbocycles. The van der Waals surface area contributed by atoms with Gasteiger partial charge in [0.25, 0.3) is 0 Å². The Morgan fingerprint density at radius 2 is 1.77 bits per heavy atom. The van der Waals surface area contributed by atoms with E-state index in [1.54, 1.807) is 0 Å². The van der Waals surface area contributed by atoms with Gasteiger partial charge < -0.3 is 14.9 Å². The molecule has 6 nitrogen and oxygen atoms in total. The summed E-state index contributed by atoms with van der Waals surface area (Å²) < 4.78 is 1.94. The van der Waals surface area contributed by atoms with E-state index in [1.165, 1.54) is 11.3 Å². The summed E-state index contributed by atoms with van der Waals surface area (Å²) in [5.41, 5.74) is 3.53. The van der Waals surface area contributed by atoms with Crippen molar-refractivity contribution < 1.29 is 4.79 Å². The third kappa shape index (κ3) is 3.75. The third-order valence-corrected chi connectivity index (χ3v) is 5.73. The standard InChI is InChI=1S/C23H19N5OS/c29-20(14-17-15-30-23(24-17)28-12-6-7-13-28)27-21(16-8-2-1-3-9-16)22-25-18-10-4-5-11-19(18)26-22/h1-13,15,21H,14H2,(H,25,26)(H,27,29). The molecule has 30 heavy (non-hydrogen) atoms. The molecule has 1 atom stereocenters. The molecule has 5 aromatic rings. The van der Waals surface area contributed by atoms with Gasteiger partial charge in [0.2, 0.25) is 5.91 Å². The van der Waals surface area contributed by atoms with Crippen molar-refractivity contribution in [2.45, 2.75) is 12.5 Å². The van der Waals surface area contributed by atoms with Crippen molar-refractivity contribution in [3.8, 4) is 5.13 Å². The van der Waals surface area contributed by atoms with Gasteiger partial charge >= 0.3 is 0 Å². The lowest BCUT2D eigenvalue weighted by molar-refractivity contribution is -0.121. The van der Waals surface area contributed by atoms with E-state index in [0.717, 1.165) is 27.4 Å². The van der Waals surface area contributed by atoms with Crippen LogP contribution in [0.5, 0.6) is 0 Å². The van der Waals surface area contributed by atoms with E-state index in [1.807, 2.05) is 89.1 Å². The predicted octanol–water partition coefficient (Wildman–Crippen LogP) is 4.26. The maximum Gasteiger partial charge on any atom is 0.226 e. The van der Waals surface area contributed by atoms with Crippen LogP contribution >= 0.6 is 11.3 Å². The minimum atomic E-state index is -0.367. The fraction of sp³-hybridized carbons (Fsp3) is 0.0870. The van der Waals surface area contributed by atoms with Crippen LogP contribution in [-0.2, 0) is 11.2 Å². The molecule has 1 amide bonds. The number of thiazole rings is 1. The molecule has 148 valence electrons. The highest BCUT2D eigenvalue weighted by molar-refractivity contribution is 7.12. The number of benzene rings is 2. The first-order chi connectivity index (χ1) is 14.8. The van der Waals surface area contributed by atoms with Crippen molar-refractivity contribution in [2.24, 2.45) is 0 Å². The summed E-state index contributed by atoms with van der Waals surface area (Å²) in [6.07, 6.45) is 4.09. The number of carbonyl (C=O) groups is 1. The molecule has 2 N–H and O–H groups in total. The molecule has 0 fully saturated rings. The number of carbonyl (C=O) groups excluding carboxylic acids is 1. The Labute approximate surface area is 177 Å². The highest BCUT2D eigenvalue weighted by Crippen LogP contribution is 2.23. The monoisotopic (exact) mass is 413 g/mol. The third-order valence-electron chi connectivity index (χ3n) is 4.83. The molecule has 0 spiro atoms. The van der Waals surface area contributed by atoms with Gasteiger partial charge in [0.15, 0.2) is 5.13 Å². The number of rotatable bonds is 6. The van der Waals surface area contributed by atoms with Gasteiger partial charge in [-0.2, -0.15) is 0 Å². The van der Waals surface area contributed by atoms with E-state index in [2.05, 4.69) is 15.3 Å². The zero-order valence-electron chi connectivity index (χ0n) is 16.0. The molecular weight excluding hydrogens is 394 g/mol. The van der Waals surface area contributed by atoms with Crippen molar-refractivity contribution in [1.82, 2.24) is 24.8 Å². The molecule has 7 heteroatoms. The first-order valence-corrected chi connectivity index (χ1v) is 10.5. The number of H-pyrrole nitrogens is 1. The summed E-state index contributed by atoms with van der Waals surface area (Å²) >= 11 is 1.52. The molecular formula is C23H19N5OS. The van der Waals surface area contributed by atoms with E-state index >= 15 is 0 Å². The van der Waals surface area contributed by atoms with Gasteiger partial charge in [-0.15, -0.1) is 11.3 Å². The topological polar surface area (TPSA) is 75.6 Å². The molecule has 1 unspecified atom stereocenters. The van der Waals surface area contributed by atoms with Crippen molar-refractivity contribution in [3.05, 3.63) is 102 Å². The van der Waals surface area contributed by atoms with E-state index in [4.69, 9.17) is 4.98 Å². The number of nitrogens with one attached hydrogen (secondary N) is 2. The number of amides is 1. The van der Waals surface area contributed by atoms with Gasteiger partial charge in [0, 0.05) is 17.8 Å². The van der Waals surface area contributed by atoms with Crippen molar-refractivity contribution in [1.29, 1.82) is 0 Å². The van der Waals surface area contributed by atoms with Gasteiger partial charge in [-0.25, -0.2) is 9.97 Å². The summed E-state index contributed by atoms with van der Waals surface area (Å²) in [7, 11) is 0. The quantitative estimate of drug-likeness (QED) is 0.437. The van der Waals surface area contributed by atoms with Gasteiger partial charge in [-0.05, 0) is 29.8 Å². The summed E-state index contributed by atoms with van der Waals surface area (Å²) in [5, 5.41) is 5.90. The number of aromatic amines is 1. The number of imidazole rings is 1. The highest BCUT2D eigenvalue weighted by atomic mass is 32.1. The molecule has 0 aliphatic heterocycles. The smallest absolute Gasteiger partial charge is 0.226 e. The first kappa shape index (κ1) is 18.3. The molecule has 5 rings (SSSR count). The second kappa shape index (κ2) is 7.96. The summed E-state index contributed by atoms with van der Waals surface area (Å²) in [4.78, 5) is 25.5. The molecule has 0 aliphatic carbocycles. The number of nitrogens with zero attached hydrogens (tertiary/aromatic N) is 3. The Hall–Kier alpha value is -3.71. The Balaban J connectivity index is 1.39.